The van der Waals surface area contributed by atoms with Crippen LogP contribution in [0.15, 0.2) is 23.8 Å². The normalized spacial score (nSPS) is 24.2. The van der Waals surface area contributed by atoms with Gasteiger partial charge in [0.2, 0.25) is 0 Å². The third-order valence-electron chi connectivity index (χ3n) is 6.90. The van der Waals surface area contributed by atoms with E-state index in [9.17, 15) is 22.8 Å². The molecule has 1 aromatic carbocycles. The third-order valence-corrected chi connectivity index (χ3v) is 7.23. The molecule has 0 unspecified atom stereocenters. The molecule has 2 bridgehead atoms. The van der Waals surface area contributed by atoms with Crippen LogP contribution >= 0.6 is 11.6 Å². The van der Waals surface area contributed by atoms with Crippen molar-refractivity contribution in [3.8, 4) is 0 Å². The lowest BCUT2D eigenvalue weighted by Gasteiger charge is -2.41. The monoisotopic (exact) mass is 470 g/mol. The SMILES string of the molecule is COC(=O)C1=C(c2ccc(Cl)c(C(F)(F)F)c2)C[C@@H]2CC[C@H]1N2C(=O)N1CCC(C)CC1. The molecule has 174 valence electrons. The van der Waals surface area contributed by atoms with Gasteiger partial charge in [0.15, 0.2) is 0 Å². The highest BCUT2D eigenvalue weighted by molar-refractivity contribution is 6.31. The second-order valence-electron chi connectivity index (χ2n) is 8.89. The second kappa shape index (κ2) is 8.61. The second-order valence-corrected chi connectivity index (χ2v) is 9.29. The lowest BCUT2D eigenvalue weighted by molar-refractivity contribution is -0.138. The van der Waals surface area contributed by atoms with Crippen LogP contribution in [0.3, 0.4) is 0 Å². The number of hydrogen-bond donors (Lipinski definition) is 0. The van der Waals surface area contributed by atoms with Gasteiger partial charge in [0, 0.05) is 19.1 Å². The molecule has 2 fully saturated rings. The van der Waals surface area contributed by atoms with Crippen LogP contribution in [0.5, 0.6) is 0 Å². The molecule has 3 heterocycles. The van der Waals surface area contributed by atoms with Crippen molar-refractivity contribution >= 4 is 29.2 Å². The molecule has 2 amide bonds. The van der Waals surface area contributed by atoms with Crippen LogP contribution in [-0.4, -0.2) is 54.1 Å². The van der Waals surface area contributed by atoms with Crippen LogP contribution in [0.1, 0.15) is 50.2 Å². The molecule has 1 aromatic rings. The predicted molar refractivity (Wildman–Crippen MR) is 114 cm³/mol. The number of nitrogens with zero attached hydrogens (tertiary/aromatic N) is 2. The Balaban J connectivity index is 1.73. The van der Waals surface area contributed by atoms with E-state index in [0.29, 0.717) is 43.8 Å². The van der Waals surface area contributed by atoms with Gasteiger partial charge in [-0.05, 0) is 61.3 Å². The molecule has 3 aliphatic rings. The van der Waals surface area contributed by atoms with Gasteiger partial charge < -0.3 is 14.5 Å². The number of rotatable bonds is 2. The number of benzene rings is 1. The van der Waals surface area contributed by atoms with Crippen molar-refractivity contribution in [1.29, 1.82) is 0 Å². The molecule has 0 aromatic heterocycles. The summed E-state index contributed by atoms with van der Waals surface area (Å²) < 4.78 is 45.3. The largest absolute Gasteiger partial charge is 0.466 e. The summed E-state index contributed by atoms with van der Waals surface area (Å²) in [5.74, 6) is -0.0408. The average molecular weight is 471 g/mol. The van der Waals surface area contributed by atoms with Crippen LogP contribution in [-0.2, 0) is 15.7 Å². The number of carbonyl (C=O) groups is 2. The molecule has 4 rings (SSSR count). The van der Waals surface area contributed by atoms with Crippen molar-refractivity contribution in [2.75, 3.05) is 20.2 Å². The molecule has 3 aliphatic heterocycles. The molecule has 0 N–H and O–H groups in total. The zero-order valence-electron chi connectivity index (χ0n) is 18.0. The van der Waals surface area contributed by atoms with E-state index >= 15 is 0 Å². The molecule has 5 nitrogen and oxygen atoms in total. The van der Waals surface area contributed by atoms with E-state index in [1.807, 2.05) is 4.90 Å². The molecule has 9 heteroatoms. The van der Waals surface area contributed by atoms with Crippen molar-refractivity contribution in [2.24, 2.45) is 5.92 Å². The van der Waals surface area contributed by atoms with Crippen molar-refractivity contribution in [3.63, 3.8) is 0 Å². The van der Waals surface area contributed by atoms with Crippen LogP contribution in [0.4, 0.5) is 18.0 Å². The van der Waals surface area contributed by atoms with Crippen LogP contribution < -0.4 is 0 Å². The summed E-state index contributed by atoms with van der Waals surface area (Å²) in [5, 5.41) is -0.392. The average Bonchev–Trinajstić information content (AvgIpc) is 3.06. The minimum absolute atomic E-state index is 0.100. The Bertz CT molecular complexity index is 954. The van der Waals surface area contributed by atoms with Gasteiger partial charge >= 0.3 is 18.2 Å². The van der Waals surface area contributed by atoms with E-state index < -0.39 is 28.8 Å². The van der Waals surface area contributed by atoms with Crippen molar-refractivity contribution < 1.29 is 27.5 Å². The van der Waals surface area contributed by atoms with Crippen LogP contribution in [0, 0.1) is 5.92 Å². The van der Waals surface area contributed by atoms with Gasteiger partial charge in [0.05, 0.1) is 29.3 Å². The molecule has 32 heavy (non-hydrogen) atoms. The standard InChI is InChI=1S/C23H26ClF3N2O3/c1-13-7-9-28(10-8-13)22(31)29-15-4-6-19(29)20(21(30)32-2)16(12-15)14-3-5-18(24)17(11-14)23(25,26)27/h3,5,11,13,15,19H,4,6-10,12H2,1-2H3/t15-,19+/m0/s1. The van der Waals surface area contributed by atoms with Gasteiger partial charge in [-0.2, -0.15) is 13.2 Å². The number of esters is 1. The topological polar surface area (TPSA) is 49.9 Å². The molecule has 0 aliphatic carbocycles. The van der Waals surface area contributed by atoms with E-state index in [-0.39, 0.29) is 23.2 Å². The molecular weight excluding hydrogens is 445 g/mol. The quantitative estimate of drug-likeness (QED) is 0.546. The first kappa shape index (κ1) is 23.0. The number of fused-ring (bicyclic) bond motifs is 2. The smallest absolute Gasteiger partial charge is 0.417 e. The molecule has 0 spiro atoms. The summed E-state index contributed by atoms with van der Waals surface area (Å²) in [4.78, 5) is 29.7. The zero-order valence-corrected chi connectivity index (χ0v) is 18.8. The Morgan fingerprint density at radius 1 is 1.12 bits per heavy atom. The lowest BCUT2D eigenvalue weighted by Crippen LogP contribution is -2.53. The van der Waals surface area contributed by atoms with E-state index in [1.54, 1.807) is 4.90 Å². The van der Waals surface area contributed by atoms with Crippen LogP contribution in [0.25, 0.3) is 5.57 Å². The first-order valence-corrected chi connectivity index (χ1v) is 11.2. The fourth-order valence-electron chi connectivity index (χ4n) is 5.14. The number of likely N-dealkylation sites (tertiary alicyclic amines) is 1. The highest BCUT2D eigenvalue weighted by Crippen LogP contribution is 2.45. The van der Waals surface area contributed by atoms with Gasteiger partial charge in [-0.3, -0.25) is 0 Å². The third kappa shape index (κ3) is 4.09. The Kier molecular flexibility index (Phi) is 6.18. The number of carbonyl (C=O) groups excluding carboxylic acids is 2. The van der Waals surface area contributed by atoms with E-state index in [0.717, 1.165) is 18.9 Å². The summed E-state index contributed by atoms with van der Waals surface area (Å²) in [5.41, 5.74) is 0.123. The minimum atomic E-state index is -4.61. The van der Waals surface area contributed by atoms with Crippen LogP contribution in [0.2, 0.25) is 5.02 Å². The van der Waals surface area contributed by atoms with E-state index in [4.69, 9.17) is 16.3 Å². The molecule has 0 radical (unpaired) electrons. The maximum Gasteiger partial charge on any atom is 0.417 e. The Hall–Kier alpha value is -2.22. The molecular formula is C23H26ClF3N2O3. The molecule has 2 atom stereocenters. The number of methoxy groups -OCH3 is 1. The number of amides is 2. The van der Waals surface area contributed by atoms with Crippen molar-refractivity contribution in [2.45, 2.75) is 57.3 Å². The number of ether oxygens (including phenoxy) is 1. The fraction of sp³-hybridized carbons (Fsp3) is 0.565. The van der Waals surface area contributed by atoms with Gasteiger partial charge in [-0.1, -0.05) is 24.6 Å². The summed E-state index contributed by atoms with van der Waals surface area (Å²) in [7, 11) is 1.25. The number of urea groups is 1. The maximum atomic E-state index is 13.4. The van der Waals surface area contributed by atoms with Gasteiger partial charge in [-0.25, -0.2) is 9.59 Å². The predicted octanol–water partition coefficient (Wildman–Crippen LogP) is 5.37. The first-order valence-electron chi connectivity index (χ1n) is 10.9. The van der Waals surface area contributed by atoms with E-state index in [2.05, 4.69) is 6.92 Å². The number of piperidine rings is 1. The summed E-state index contributed by atoms with van der Waals surface area (Å²) in [6.45, 7) is 3.51. The van der Waals surface area contributed by atoms with Gasteiger partial charge in [0.25, 0.3) is 0 Å². The minimum Gasteiger partial charge on any atom is -0.466 e. The Labute approximate surface area is 190 Å². The fourth-order valence-corrected chi connectivity index (χ4v) is 5.36. The highest BCUT2D eigenvalue weighted by Gasteiger charge is 2.48. The van der Waals surface area contributed by atoms with Crippen molar-refractivity contribution in [1.82, 2.24) is 9.80 Å². The summed E-state index contributed by atoms with van der Waals surface area (Å²) >= 11 is 5.79. The Morgan fingerprint density at radius 3 is 2.44 bits per heavy atom. The summed E-state index contributed by atoms with van der Waals surface area (Å²) in [6.07, 6.45) is -1.18. The van der Waals surface area contributed by atoms with E-state index in [1.165, 1.54) is 19.2 Å². The van der Waals surface area contributed by atoms with Gasteiger partial charge in [0.1, 0.15) is 0 Å². The number of halogens is 4. The number of alkyl halides is 3. The number of hydrogen-bond acceptors (Lipinski definition) is 3. The summed E-state index contributed by atoms with van der Waals surface area (Å²) in [6, 6.07) is 2.92. The maximum absolute atomic E-state index is 13.4. The molecule has 2 saturated heterocycles. The first-order chi connectivity index (χ1) is 15.1. The lowest BCUT2D eigenvalue weighted by atomic mass is 9.87. The molecule has 0 saturated carbocycles. The Morgan fingerprint density at radius 2 is 1.81 bits per heavy atom. The van der Waals surface area contributed by atoms with Crippen molar-refractivity contribution in [3.05, 3.63) is 39.9 Å². The zero-order chi connectivity index (χ0) is 23.2. The highest BCUT2D eigenvalue weighted by atomic mass is 35.5. The van der Waals surface area contributed by atoms with Gasteiger partial charge in [-0.15, -0.1) is 0 Å².